The SMILES string of the molecule is Brc1cc(I)ccc1OCC1CCOC1. The summed E-state index contributed by atoms with van der Waals surface area (Å²) in [6.07, 6.45) is 1.11. The topological polar surface area (TPSA) is 18.5 Å². The van der Waals surface area contributed by atoms with Crippen LogP contribution in [-0.4, -0.2) is 19.8 Å². The predicted octanol–water partition coefficient (Wildman–Crippen LogP) is 3.47. The molecule has 0 N–H and O–H groups in total. The standard InChI is InChI=1S/C11H12BrIO2/c12-10-5-9(13)1-2-11(10)15-7-8-3-4-14-6-8/h1-2,5,8H,3-4,6-7H2. The fraction of sp³-hybridized carbons (Fsp3) is 0.455. The largest absolute Gasteiger partial charge is 0.492 e. The van der Waals surface area contributed by atoms with Gasteiger partial charge >= 0.3 is 0 Å². The van der Waals surface area contributed by atoms with Gasteiger partial charge < -0.3 is 9.47 Å². The lowest BCUT2D eigenvalue weighted by molar-refractivity contribution is 0.167. The van der Waals surface area contributed by atoms with Crippen molar-refractivity contribution in [3.05, 3.63) is 26.2 Å². The molecule has 0 amide bonds. The molecule has 1 atom stereocenters. The first kappa shape index (κ1) is 11.7. The van der Waals surface area contributed by atoms with Crippen LogP contribution in [0, 0.1) is 9.49 Å². The molecule has 15 heavy (non-hydrogen) atoms. The van der Waals surface area contributed by atoms with Gasteiger partial charge in [-0.05, 0) is 63.1 Å². The molecule has 82 valence electrons. The lowest BCUT2D eigenvalue weighted by Gasteiger charge is -2.11. The van der Waals surface area contributed by atoms with E-state index in [2.05, 4.69) is 44.6 Å². The Morgan fingerprint density at radius 2 is 2.40 bits per heavy atom. The number of ether oxygens (including phenoxy) is 2. The zero-order chi connectivity index (χ0) is 10.7. The summed E-state index contributed by atoms with van der Waals surface area (Å²) in [4.78, 5) is 0. The molecule has 0 radical (unpaired) electrons. The van der Waals surface area contributed by atoms with E-state index in [1.54, 1.807) is 0 Å². The fourth-order valence-corrected chi connectivity index (χ4v) is 2.93. The number of rotatable bonds is 3. The predicted molar refractivity (Wildman–Crippen MR) is 71.3 cm³/mol. The summed E-state index contributed by atoms with van der Waals surface area (Å²) < 4.78 is 13.3. The van der Waals surface area contributed by atoms with Crippen LogP contribution in [-0.2, 0) is 4.74 Å². The summed E-state index contributed by atoms with van der Waals surface area (Å²) in [7, 11) is 0. The third-order valence-corrected chi connectivity index (χ3v) is 3.68. The molecule has 1 saturated heterocycles. The average Bonchev–Trinajstić information content (AvgIpc) is 2.69. The molecule has 0 bridgehead atoms. The number of hydrogen-bond donors (Lipinski definition) is 0. The zero-order valence-corrected chi connectivity index (χ0v) is 12.0. The molecule has 2 rings (SSSR count). The van der Waals surface area contributed by atoms with Crippen molar-refractivity contribution in [2.45, 2.75) is 6.42 Å². The summed E-state index contributed by atoms with van der Waals surface area (Å²) in [6.45, 7) is 2.46. The van der Waals surface area contributed by atoms with Gasteiger partial charge in [-0.3, -0.25) is 0 Å². The number of halogens is 2. The van der Waals surface area contributed by atoms with Gasteiger partial charge in [0.1, 0.15) is 5.75 Å². The fourth-order valence-electron chi connectivity index (χ4n) is 1.51. The Morgan fingerprint density at radius 1 is 1.53 bits per heavy atom. The first-order valence-corrected chi connectivity index (χ1v) is 6.78. The molecule has 1 aliphatic rings. The minimum atomic E-state index is 0.552. The molecule has 4 heteroatoms. The second kappa shape index (κ2) is 5.50. The van der Waals surface area contributed by atoms with E-state index in [9.17, 15) is 0 Å². The van der Waals surface area contributed by atoms with Crippen molar-refractivity contribution in [3.63, 3.8) is 0 Å². The summed E-state index contributed by atoms with van der Waals surface area (Å²) in [5, 5.41) is 0. The highest BCUT2D eigenvalue weighted by Gasteiger charge is 2.16. The van der Waals surface area contributed by atoms with Gasteiger partial charge in [-0.15, -0.1) is 0 Å². The molecule has 1 aromatic rings. The molecule has 1 heterocycles. The summed E-state index contributed by atoms with van der Waals surface area (Å²) in [5.41, 5.74) is 0. The number of hydrogen-bond acceptors (Lipinski definition) is 2. The van der Waals surface area contributed by atoms with E-state index in [4.69, 9.17) is 9.47 Å². The molecule has 1 unspecified atom stereocenters. The van der Waals surface area contributed by atoms with Gasteiger partial charge in [-0.1, -0.05) is 0 Å². The maximum absolute atomic E-state index is 5.75. The first-order valence-electron chi connectivity index (χ1n) is 4.91. The van der Waals surface area contributed by atoms with Crippen LogP contribution in [0.1, 0.15) is 6.42 Å². The van der Waals surface area contributed by atoms with E-state index < -0.39 is 0 Å². The van der Waals surface area contributed by atoms with Crippen molar-refractivity contribution < 1.29 is 9.47 Å². The van der Waals surface area contributed by atoms with Crippen molar-refractivity contribution in [3.8, 4) is 5.75 Å². The van der Waals surface area contributed by atoms with Gasteiger partial charge in [-0.25, -0.2) is 0 Å². The van der Waals surface area contributed by atoms with Crippen molar-refractivity contribution in [2.75, 3.05) is 19.8 Å². The molecule has 0 aromatic heterocycles. The third-order valence-electron chi connectivity index (χ3n) is 2.39. The molecule has 1 aromatic carbocycles. The Kier molecular flexibility index (Phi) is 4.28. The van der Waals surface area contributed by atoms with E-state index in [0.717, 1.165) is 36.5 Å². The van der Waals surface area contributed by atoms with Gasteiger partial charge in [0.25, 0.3) is 0 Å². The van der Waals surface area contributed by atoms with Gasteiger partial charge in [-0.2, -0.15) is 0 Å². The van der Waals surface area contributed by atoms with Crippen LogP contribution < -0.4 is 4.74 Å². The van der Waals surface area contributed by atoms with Crippen LogP contribution in [0.4, 0.5) is 0 Å². The van der Waals surface area contributed by atoms with Crippen molar-refractivity contribution >= 4 is 38.5 Å². The Hall–Kier alpha value is 0.190. The summed E-state index contributed by atoms with van der Waals surface area (Å²) in [5.74, 6) is 1.47. The van der Waals surface area contributed by atoms with E-state index in [1.807, 2.05) is 12.1 Å². The van der Waals surface area contributed by atoms with Crippen LogP contribution in [0.25, 0.3) is 0 Å². The van der Waals surface area contributed by atoms with Crippen LogP contribution >= 0.6 is 38.5 Å². The highest BCUT2D eigenvalue weighted by atomic mass is 127. The first-order chi connectivity index (χ1) is 7.25. The second-order valence-electron chi connectivity index (χ2n) is 3.62. The highest BCUT2D eigenvalue weighted by molar-refractivity contribution is 14.1. The maximum Gasteiger partial charge on any atom is 0.133 e. The Morgan fingerprint density at radius 3 is 3.07 bits per heavy atom. The molecule has 1 fully saturated rings. The monoisotopic (exact) mass is 382 g/mol. The maximum atomic E-state index is 5.75. The quantitative estimate of drug-likeness (QED) is 0.745. The third kappa shape index (κ3) is 3.32. The highest BCUT2D eigenvalue weighted by Crippen LogP contribution is 2.27. The van der Waals surface area contributed by atoms with Gasteiger partial charge in [0, 0.05) is 16.1 Å². The molecular weight excluding hydrogens is 371 g/mol. The minimum Gasteiger partial charge on any atom is -0.492 e. The molecule has 0 spiro atoms. The normalized spacial score (nSPS) is 20.5. The smallest absolute Gasteiger partial charge is 0.133 e. The average molecular weight is 383 g/mol. The van der Waals surface area contributed by atoms with E-state index in [-0.39, 0.29) is 0 Å². The zero-order valence-electron chi connectivity index (χ0n) is 8.21. The van der Waals surface area contributed by atoms with Crippen LogP contribution in [0.3, 0.4) is 0 Å². The van der Waals surface area contributed by atoms with Gasteiger partial charge in [0.05, 0.1) is 17.7 Å². The Balaban J connectivity index is 1.92. The lowest BCUT2D eigenvalue weighted by Crippen LogP contribution is -2.11. The summed E-state index contributed by atoms with van der Waals surface area (Å²) in [6, 6.07) is 6.11. The Labute approximate surface area is 112 Å². The molecule has 2 nitrogen and oxygen atoms in total. The van der Waals surface area contributed by atoms with Gasteiger partial charge in [0.2, 0.25) is 0 Å². The minimum absolute atomic E-state index is 0.552. The van der Waals surface area contributed by atoms with Crippen molar-refractivity contribution in [1.82, 2.24) is 0 Å². The van der Waals surface area contributed by atoms with Crippen molar-refractivity contribution in [1.29, 1.82) is 0 Å². The molecule has 1 aliphatic heterocycles. The number of benzene rings is 1. The van der Waals surface area contributed by atoms with E-state index >= 15 is 0 Å². The van der Waals surface area contributed by atoms with E-state index in [1.165, 1.54) is 3.57 Å². The van der Waals surface area contributed by atoms with E-state index in [0.29, 0.717) is 5.92 Å². The van der Waals surface area contributed by atoms with Crippen LogP contribution in [0.2, 0.25) is 0 Å². The Bertz CT molecular complexity index is 337. The van der Waals surface area contributed by atoms with Gasteiger partial charge in [0.15, 0.2) is 0 Å². The summed E-state index contributed by atoms with van der Waals surface area (Å²) >= 11 is 5.78. The van der Waals surface area contributed by atoms with Crippen LogP contribution in [0.5, 0.6) is 5.75 Å². The second-order valence-corrected chi connectivity index (χ2v) is 5.72. The van der Waals surface area contributed by atoms with Crippen molar-refractivity contribution in [2.24, 2.45) is 5.92 Å². The molecule has 0 aliphatic carbocycles. The molecular formula is C11H12BrIO2. The molecule has 0 saturated carbocycles. The lowest BCUT2D eigenvalue weighted by atomic mass is 10.1. The van der Waals surface area contributed by atoms with Crippen LogP contribution in [0.15, 0.2) is 22.7 Å².